The molecule has 0 atom stereocenters. The third kappa shape index (κ3) is 0.518. The van der Waals surface area contributed by atoms with Gasteiger partial charge in [0.2, 0.25) is 5.72 Å². The van der Waals surface area contributed by atoms with E-state index < -0.39 is 0 Å². The molecular formula is C3H10N2O+2. The highest BCUT2D eigenvalue weighted by Gasteiger charge is 2.47. The molecular weight excluding hydrogens is 80.0 g/mol. The van der Waals surface area contributed by atoms with E-state index in [0.717, 1.165) is 12.8 Å². The van der Waals surface area contributed by atoms with Crippen molar-refractivity contribution in [2.45, 2.75) is 18.6 Å². The molecule has 0 aliphatic heterocycles. The first-order chi connectivity index (χ1) is 2.77. The van der Waals surface area contributed by atoms with Gasteiger partial charge in [0.25, 0.3) is 0 Å². The molecule has 0 aromatic heterocycles. The van der Waals surface area contributed by atoms with Crippen molar-refractivity contribution >= 4 is 0 Å². The second-order valence-corrected chi connectivity index (χ2v) is 1.83. The lowest BCUT2D eigenvalue weighted by Crippen LogP contribution is -2.73. The molecule has 1 rings (SSSR count). The minimum absolute atomic E-state index is 0.0694. The molecule has 1 aliphatic rings. The van der Waals surface area contributed by atoms with Gasteiger partial charge in [0, 0.05) is 12.8 Å². The summed E-state index contributed by atoms with van der Waals surface area (Å²) in [5.74, 6) is 3.26. The maximum absolute atomic E-state index is 4.69. The molecule has 1 aliphatic carbocycles. The van der Waals surface area contributed by atoms with Crippen molar-refractivity contribution in [3.63, 3.8) is 0 Å². The summed E-state index contributed by atoms with van der Waals surface area (Å²) in [5.41, 5.74) is 3.65. The Morgan fingerprint density at radius 2 is 2.00 bits per heavy atom. The smallest absolute Gasteiger partial charge is 0.249 e. The van der Waals surface area contributed by atoms with Crippen LogP contribution in [0.25, 0.3) is 0 Å². The minimum atomic E-state index is -0.0694. The number of rotatable bonds is 1. The Balaban J connectivity index is 2.28. The van der Waals surface area contributed by atoms with Crippen LogP contribution in [0.4, 0.5) is 0 Å². The molecule has 0 heterocycles. The molecule has 0 amide bonds. The molecule has 0 spiro atoms. The zero-order chi connectivity index (χ0) is 4.62. The highest BCUT2D eigenvalue weighted by molar-refractivity contribution is 4.79. The monoisotopic (exact) mass is 90.1 g/mol. The van der Waals surface area contributed by atoms with Gasteiger partial charge < -0.3 is 5.73 Å². The summed E-state index contributed by atoms with van der Waals surface area (Å²) in [7, 11) is 0. The van der Waals surface area contributed by atoms with Crippen molar-refractivity contribution in [3.05, 3.63) is 0 Å². The van der Waals surface area contributed by atoms with Gasteiger partial charge in [-0.15, -0.1) is 4.84 Å². The van der Waals surface area contributed by atoms with E-state index in [1.54, 1.807) is 0 Å². The molecule has 0 radical (unpaired) electrons. The average Bonchev–Trinajstić information content (AvgIpc) is 2.22. The van der Waals surface area contributed by atoms with Gasteiger partial charge in [-0.2, -0.15) is 0 Å². The van der Waals surface area contributed by atoms with Crippen LogP contribution in [0.15, 0.2) is 0 Å². The first-order valence-corrected chi connectivity index (χ1v) is 2.05. The highest BCUT2D eigenvalue weighted by Crippen LogP contribution is 2.28. The van der Waals surface area contributed by atoms with E-state index in [9.17, 15) is 0 Å². The SMILES string of the molecule is [NH3+]OC1([NH3+])CC1. The van der Waals surface area contributed by atoms with Crippen LogP contribution in [0.1, 0.15) is 12.8 Å². The molecule has 0 aromatic carbocycles. The number of quaternary nitrogens is 2. The van der Waals surface area contributed by atoms with Gasteiger partial charge in [0.1, 0.15) is 0 Å². The van der Waals surface area contributed by atoms with Crippen molar-refractivity contribution < 1.29 is 16.5 Å². The largest absolute Gasteiger partial charge is 0.326 e. The Morgan fingerprint density at radius 3 is 2.00 bits per heavy atom. The van der Waals surface area contributed by atoms with Gasteiger partial charge in [-0.3, -0.25) is 0 Å². The minimum Gasteiger partial charge on any atom is -0.326 e. The summed E-state index contributed by atoms with van der Waals surface area (Å²) in [6.07, 6.45) is 2.16. The average molecular weight is 90.1 g/mol. The number of hydrogen-bond donors (Lipinski definition) is 2. The van der Waals surface area contributed by atoms with E-state index >= 15 is 0 Å². The zero-order valence-corrected chi connectivity index (χ0v) is 3.74. The van der Waals surface area contributed by atoms with E-state index in [2.05, 4.69) is 16.5 Å². The summed E-state index contributed by atoms with van der Waals surface area (Å²) < 4.78 is 0. The zero-order valence-electron chi connectivity index (χ0n) is 3.74. The molecule has 6 heavy (non-hydrogen) atoms. The summed E-state index contributed by atoms with van der Waals surface area (Å²) in [6.45, 7) is 0. The van der Waals surface area contributed by atoms with Crippen LogP contribution in [0.2, 0.25) is 0 Å². The second kappa shape index (κ2) is 0.932. The topological polar surface area (TPSA) is 64.5 Å². The third-order valence-corrected chi connectivity index (χ3v) is 1.11. The summed E-state index contributed by atoms with van der Waals surface area (Å²) in [4.78, 5) is 4.69. The predicted molar refractivity (Wildman–Crippen MR) is 18.8 cm³/mol. The summed E-state index contributed by atoms with van der Waals surface area (Å²) >= 11 is 0. The van der Waals surface area contributed by atoms with Gasteiger partial charge in [0.15, 0.2) is 0 Å². The molecule has 1 fully saturated rings. The maximum Gasteiger partial charge on any atom is 0.249 e. The van der Waals surface area contributed by atoms with Crippen LogP contribution in [-0.2, 0) is 4.84 Å². The van der Waals surface area contributed by atoms with Crippen LogP contribution in [0.3, 0.4) is 0 Å². The lowest BCUT2D eigenvalue weighted by atomic mass is 10.7. The van der Waals surface area contributed by atoms with E-state index in [4.69, 9.17) is 0 Å². The second-order valence-electron chi connectivity index (χ2n) is 1.83. The van der Waals surface area contributed by atoms with Crippen LogP contribution in [0, 0.1) is 0 Å². The Kier molecular flexibility index (Phi) is 0.629. The Bertz CT molecular complexity index is 59.8. The van der Waals surface area contributed by atoms with E-state index in [1.807, 2.05) is 0 Å². The maximum atomic E-state index is 4.69. The molecule has 3 heteroatoms. The first-order valence-electron chi connectivity index (χ1n) is 2.05. The van der Waals surface area contributed by atoms with Crippen LogP contribution in [-0.4, -0.2) is 5.72 Å². The lowest BCUT2D eigenvalue weighted by Gasteiger charge is -1.91. The standard InChI is InChI=1S/C3H9N2O/c4-3(6-5)1-2-3/h1-2,4H2,5H3/q+1/p+1. The molecule has 3 nitrogen and oxygen atoms in total. The Morgan fingerprint density at radius 1 is 1.50 bits per heavy atom. The quantitative estimate of drug-likeness (QED) is 0.281. The fraction of sp³-hybridized carbons (Fsp3) is 1.00. The van der Waals surface area contributed by atoms with Crippen LogP contribution >= 0.6 is 0 Å². The van der Waals surface area contributed by atoms with Gasteiger partial charge in [-0.25, -0.2) is 5.90 Å². The Hall–Kier alpha value is -0.120. The fourth-order valence-electron chi connectivity index (χ4n) is 0.284. The van der Waals surface area contributed by atoms with E-state index in [-0.39, 0.29) is 5.72 Å². The molecule has 1 saturated carbocycles. The van der Waals surface area contributed by atoms with Crippen molar-refractivity contribution in [2.75, 3.05) is 0 Å². The van der Waals surface area contributed by atoms with Crippen molar-refractivity contribution in [1.82, 2.24) is 0 Å². The van der Waals surface area contributed by atoms with Gasteiger partial charge in [-0.1, -0.05) is 0 Å². The first kappa shape index (κ1) is 4.05. The lowest BCUT2D eigenvalue weighted by molar-refractivity contribution is -0.775. The summed E-state index contributed by atoms with van der Waals surface area (Å²) in [6, 6.07) is 0. The van der Waals surface area contributed by atoms with Gasteiger partial charge in [0.05, 0.1) is 0 Å². The molecule has 0 unspecified atom stereocenters. The van der Waals surface area contributed by atoms with E-state index in [0.29, 0.717) is 0 Å². The third-order valence-electron chi connectivity index (χ3n) is 1.11. The molecule has 6 N–H and O–H groups in total. The number of hydrogen-bond acceptors (Lipinski definition) is 1. The molecule has 0 aromatic rings. The fourth-order valence-corrected chi connectivity index (χ4v) is 0.284. The van der Waals surface area contributed by atoms with Crippen molar-refractivity contribution in [1.29, 1.82) is 0 Å². The van der Waals surface area contributed by atoms with E-state index in [1.165, 1.54) is 0 Å². The summed E-state index contributed by atoms with van der Waals surface area (Å²) in [5, 5.41) is 0. The molecule has 0 bridgehead atoms. The van der Waals surface area contributed by atoms with Crippen LogP contribution < -0.4 is 11.6 Å². The molecule has 36 valence electrons. The predicted octanol–water partition coefficient (Wildman–Crippen LogP) is -2.11. The molecule has 0 saturated heterocycles. The van der Waals surface area contributed by atoms with Crippen molar-refractivity contribution in [3.8, 4) is 0 Å². The van der Waals surface area contributed by atoms with Gasteiger partial charge >= 0.3 is 0 Å². The normalized spacial score (nSPS) is 27.0. The highest BCUT2D eigenvalue weighted by atomic mass is 16.6. The van der Waals surface area contributed by atoms with Crippen molar-refractivity contribution in [2.24, 2.45) is 0 Å². The Labute approximate surface area is 36.2 Å². The van der Waals surface area contributed by atoms with Gasteiger partial charge in [-0.05, 0) is 0 Å². The van der Waals surface area contributed by atoms with Crippen LogP contribution in [0.5, 0.6) is 0 Å².